The first kappa shape index (κ1) is 21.0. The van der Waals surface area contributed by atoms with Crippen molar-refractivity contribution < 1.29 is 9.59 Å². The number of aromatic nitrogens is 3. The van der Waals surface area contributed by atoms with Gasteiger partial charge in [-0.2, -0.15) is 10.4 Å². The molecular weight excluding hydrogens is 530 g/mol. The van der Waals surface area contributed by atoms with Crippen molar-refractivity contribution in [2.45, 2.75) is 0 Å². The first-order valence-electron chi connectivity index (χ1n) is 7.99. The molecule has 11 heteroatoms. The van der Waals surface area contributed by atoms with Gasteiger partial charge in [0.05, 0.1) is 27.9 Å². The van der Waals surface area contributed by atoms with E-state index >= 15 is 0 Å². The van der Waals surface area contributed by atoms with Gasteiger partial charge in [0.2, 0.25) is 0 Å². The zero-order valence-electron chi connectivity index (χ0n) is 14.7. The number of carbonyl (C=O) groups excluding carboxylic acids is 2. The smallest absolute Gasteiger partial charge is 0.274 e. The molecule has 29 heavy (non-hydrogen) atoms. The van der Waals surface area contributed by atoms with Gasteiger partial charge in [-0.15, -0.1) is 0 Å². The van der Waals surface area contributed by atoms with E-state index in [0.717, 1.165) is 0 Å². The zero-order valence-corrected chi connectivity index (χ0v) is 18.4. The summed E-state index contributed by atoms with van der Waals surface area (Å²) >= 11 is 14.1. The van der Waals surface area contributed by atoms with E-state index in [9.17, 15) is 9.59 Å². The lowest BCUT2D eigenvalue weighted by atomic mass is 10.1. The van der Waals surface area contributed by atoms with Crippen LogP contribution >= 0.6 is 45.8 Å². The number of rotatable bonds is 4. The highest BCUT2D eigenvalue weighted by molar-refractivity contribution is 14.1. The summed E-state index contributed by atoms with van der Waals surface area (Å²) in [7, 11) is 1.46. The number of anilines is 1. The van der Waals surface area contributed by atoms with Crippen molar-refractivity contribution in [3.8, 4) is 11.9 Å². The summed E-state index contributed by atoms with van der Waals surface area (Å²) in [5, 5.41) is 18.8. The summed E-state index contributed by atoms with van der Waals surface area (Å²) in [4.78, 5) is 29.4. The molecule has 2 aromatic heterocycles. The fraction of sp³-hybridized carbons (Fsp3) is 0.0556. The van der Waals surface area contributed by atoms with Crippen molar-refractivity contribution in [1.29, 1.82) is 5.26 Å². The molecule has 0 atom stereocenters. The molecule has 1 aromatic carbocycles. The molecule has 2 heterocycles. The van der Waals surface area contributed by atoms with E-state index < -0.39 is 11.8 Å². The summed E-state index contributed by atoms with van der Waals surface area (Å²) in [6.07, 6.45) is 1.51. The van der Waals surface area contributed by atoms with Crippen LogP contribution in [0.3, 0.4) is 0 Å². The monoisotopic (exact) mass is 540 g/mol. The van der Waals surface area contributed by atoms with Crippen LogP contribution in [0.2, 0.25) is 10.2 Å². The van der Waals surface area contributed by atoms with E-state index in [4.69, 9.17) is 28.5 Å². The number of nitrogens with zero attached hydrogens (tertiary/aromatic N) is 4. The van der Waals surface area contributed by atoms with Gasteiger partial charge < -0.3 is 10.6 Å². The van der Waals surface area contributed by atoms with E-state index in [0.29, 0.717) is 9.13 Å². The highest BCUT2D eigenvalue weighted by Crippen LogP contribution is 2.27. The van der Waals surface area contributed by atoms with Gasteiger partial charge in [-0.05, 0) is 46.9 Å². The summed E-state index contributed by atoms with van der Waals surface area (Å²) in [6, 6.07) is 9.55. The fourth-order valence-electron chi connectivity index (χ4n) is 2.50. The van der Waals surface area contributed by atoms with Gasteiger partial charge in [0.25, 0.3) is 11.8 Å². The Bertz CT molecular complexity index is 1170. The SMILES string of the molecule is CNC(=O)c1cc(C#N)cc(I)c1NC(=O)c1cc(Cl)nn1-c1ncccc1Cl. The third-order valence-electron chi connectivity index (χ3n) is 3.78. The van der Waals surface area contributed by atoms with Gasteiger partial charge in [0.1, 0.15) is 5.69 Å². The number of nitriles is 1. The number of halogens is 3. The molecule has 3 rings (SSSR count). The summed E-state index contributed by atoms with van der Waals surface area (Å²) in [5.74, 6) is -0.805. The molecule has 0 saturated heterocycles. The van der Waals surface area contributed by atoms with Crippen molar-refractivity contribution >= 4 is 63.3 Å². The number of carbonyl (C=O) groups is 2. The Morgan fingerprint density at radius 3 is 2.66 bits per heavy atom. The van der Waals surface area contributed by atoms with Crippen LogP contribution in [-0.4, -0.2) is 33.6 Å². The Balaban J connectivity index is 2.06. The molecule has 2 amide bonds. The van der Waals surface area contributed by atoms with Crippen LogP contribution in [0, 0.1) is 14.9 Å². The van der Waals surface area contributed by atoms with Gasteiger partial charge in [0.15, 0.2) is 11.0 Å². The van der Waals surface area contributed by atoms with Crippen LogP contribution in [-0.2, 0) is 0 Å². The van der Waals surface area contributed by atoms with E-state index in [-0.39, 0.29) is 32.9 Å². The van der Waals surface area contributed by atoms with Crippen molar-refractivity contribution in [2.75, 3.05) is 12.4 Å². The molecule has 0 aliphatic heterocycles. The van der Waals surface area contributed by atoms with Crippen molar-refractivity contribution in [1.82, 2.24) is 20.1 Å². The average Bonchev–Trinajstić information content (AvgIpc) is 3.10. The lowest BCUT2D eigenvalue weighted by Gasteiger charge is -2.14. The van der Waals surface area contributed by atoms with Crippen LogP contribution in [0.25, 0.3) is 5.82 Å². The molecule has 0 aliphatic carbocycles. The van der Waals surface area contributed by atoms with Gasteiger partial charge in [-0.25, -0.2) is 9.67 Å². The average molecular weight is 541 g/mol. The first-order chi connectivity index (χ1) is 13.8. The van der Waals surface area contributed by atoms with Crippen LogP contribution in [0.15, 0.2) is 36.5 Å². The van der Waals surface area contributed by atoms with Crippen molar-refractivity contribution in [2.24, 2.45) is 0 Å². The van der Waals surface area contributed by atoms with Crippen LogP contribution in [0.5, 0.6) is 0 Å². The van der Waals surface area contributed by atoms with E-state index in [2.05, 4.69) is 20.7 Å². The summed E-state index contributed by atoms with van der Waals surface area (Å²) < 4.78 is 1.73. The Hall–Kier alpha value is -2.68. The molecule has 0 saturated carbocycles. The maximum absolute atomic E-state index is 13.0. The van der Waals surface area contributed by atoms with Crippen LogP contribution in [0.4, 0.5) is 5.69 Å². The van der Waals surface area contributed by atoms with E-state index in [1.807, 2.05) is 28.7 Å². The minimum absolute atomic E-state index is 0.0675. The highest BCUT2D eigenvalue weighted by atomic mass is 127. The molecule has 0 radical (unpaired) electrons. The summed E-state index contributed by atoms with van der Waals surface area (Å²) in [6.45, 7) is 0. The molecule has 0 spiro atoms. The fourth-order valence-corrected chi connectivity index (χ4v) is 3.64. The Kier molecular flexibility index (Phi) is 6.36. The molecular formula is C18H11Cl2IN6O2. The Labute approximate surface area is 189 Å². The van der Waals surface area contributed by atoms with Gasteiger partial charge in [0, 0.05) is 22.9 Å². The van der Waals surface area contributed by atoms with Crippen LogP contribution < -0.4 is 10.6 Å². The number of hydrogen-bond acceptors (Lipinski definition) is 5. The maximum atomic E-state index is 13.0. The molecule has 0 bridgehead atoms. The summed E-state index contributed by atoms with van der Waals surface area (Å²) in [5.41, 5.74) is 0.764. The largest absolute Gasteiger partial charge is 0.355 e. The maximum Gasteiger partial charge on any atom is 0.274 e. The quantitative estimate of drug-likeness (QED) is 0.490. The predicted octanol–water partition coefficient (Wildman–Crippen LogP) is 3.66. The van der Waals surface area contributed by atoms with Gasteiger partial charge in [-0.3, -0.25) is 9.59 Å². The number of pyridine rings is 1. The highest BCUT2D eigenvalue weighted by Gasteiger charge is 2.22. The normalized spacial score (nSPS) is 10.3. The minimum Gasteiger partial charge on any atom is -0.355 e. The van der Waals surface area contributed by atoms with E-state index in [1.165, 1.54) is 30.1 Å². The number of benzene rings is 1. The third kappa shape index (κ3) is 4.34. The van der Waals surface area contributed by atoms with Crippen molar-refractivity contribution in [3.63, 3.8) is 0 Å². The Morgan fingerprint density at radius 2 is 2.00 bits per heavy atom. The minimum atomic E-state index is -0.584. The molecule has 8 nitrogen and oxygen atoms in total. The lowest BCUT2D eigenvalue weighted by Crippen LogP contribution is -2.24. The lowest BCUT2D eigenvalue weighted by molar-refractivity contribution is 0.0964. The topological polar surface area (TPSA) is 113 Å². The molecule has 0 aliphatic rings. The number of hydrogen-bond donors (Lipinski definition) is 2. The zero-order chi connectivity index (χ0) is 21.1. The number of amides is 2. The molecule has 0 fully saturated rings. The molecule has 0 unspecified atom stereocenters. The predicted molar refractivity (Wildman–Crippen MR) is 117 cm³/mol. The second-order valence-electron chi connectivity index (χ2n) is 5.60. The Morgan fingerprint density at radius 1 is 1.24 bits per heavy atom. The van der Waals surface area contributed by atoms with Gasteiger partial charge >= 0.3 is 0 Å². The molecule has 146 valence electrons. The standard InChI is InChI=1S/C18H11Cl2IN6O2/c1-23-17(28)10-5-9(8-22)6-12(21)15(10)25-18(29)13-7-14(20)26-27(13)16-11(19)3-2-4-24-16/h2-7H,1H3,(H,23,28)(H,25,29). The van der Waals surface area contributed by atoms with Crippen LogP contribution in [0.1, 0.15) is 26.4 Å². The first-order valence-corrected chi connectivity index (χ1v) is 9.82. The van der Waals surface area contributed by atoms with Crippen molar-refractivity contribution in [3.05, 3.63) is 67.1 Å². The van der Waals surface area contributed by atoms with Gasteiger partial charge in [-0.1, -0.05) is 23.2 Å². The molecule has 3 aromatic rings. The second kappa shape index (κ2) is 8.77. The number of nitrogens with one attached hydrogen (secondary N) is 2. The second-order valence-corrected chi connectivity index (χ2v) is 7.56. The third-order valence-corrected chi connectivity index (χ3v) is 5.11. The van der Waals surface area contributed by atoms with E-state index in [1.54, 1.807) is 18.2 Å². The molecule has 2 N–H and O–H groups in total.